The number of nitrogens with two attached hydrogens (primary N) is 1. The molecule has 0 amide bonds. The lowest BCUT2D eigenvalue weighted by molar-refractivity contribution is 0.284. The molecule has 0 saturated carbocycles. The molecule has 43 heavy (non-hydrogen) atoms. The van der Waals surface area contributed by atoms with Crippen molar-refractivity contribution in [1.82, 2.24) is 0 Å². The number of hydrogen-bond acceptors (Lipinski definition) is 13. The highest BCUT2D eigenvalue weighted by Gasteiger charge is 2.17. The van der Waals surface area contributed by atoms with Crippen molar-refractivity contribution in [1.29, 1.82) is 0 Å². The maximum Gasteiger partial charge on any atom is 0.397 e. The SMILES string of the molecule is C=C(c1ccc(N=Nc2ccc3c(N=Nc4ccc(S(=O)(=O)CCOS(=O)(=O)O)cc4)c(N)ccc3c2O)cc1)S(=O)[O-]. The van der Waals surface area contributed by atoms with Gasteiger partial charge in [-0.1, -0.05) is 18.7 Å². The molecule has 0 aliphatic rings. The number of azo groups is 2. The molecule has 224 valence electrons. The quantitative estimate of drug-likeness (QED) is 0.0813. The first-order chi connectivity index (χ1) is 20.2. The van der Waals surface area contributed by atoms with Crippen LogP contribution in [0.3, 0.4) is 0 Å². The zero-order valence-electron chi connectivity index (χ0n) is 21.9. The van der Waals surface area contributed by atoms with Crippen LogP contribution in [0.1, 0.15) is 5.56 Å². The summed E-state index contributed by atoms with van der Waals surface area (Å²) in [5.41, 5.74) is 7.84. The lowest BCUT2D eigenvalue weighted by atomic mass is 10.1. The molecule has 1 unspecified atom stereocenters. The molecular formula is C26H22N5O9S3-. The molecule has 0 radical (unpaired) electrons. The molecule has 4 aromatic carbocycles. The normalized spacial score (nSPS) is 13.2. The fourth-order valence-corrected chi connectivity index (χ4v) is 5.51. The minimum absolute atomic E-state index is 0.0603. The zero-order chi connectivity index (χ0) is 31.4. The number of nitrogens with zero attached hydrogens (tertiary/aromatic N) is 4. The van der Waals surface area contributed by atoms with Crippen molar-refractivity contribution < 1.29 is 39.4 Å². The van der Waals surface area contributed by atoms with Crippen LogP contribution in [0.2, 0.25) is 0 Å². The Morgan fingerprint density at radius 1 is 0.860 bits per heavy atom. The van der Waals surface area contributed by atoms with Gasteiger partial charge in [0, 0.05) is 15.7 Å². The van der Waals surface area contributed by atoms with Crippen molar-refractivity contribution in [3.63, 3.8) is 0 Å². The fraction of sp³-hybridized carbons (Fsp3) is 0.0769. The summed E-state index contributed by atoms with van der Waals surface area (Å²) in [5, 5.41) is 28.1. The molecule has 0 aliphatic carbocycles. The summed E-state index contributed by atoms with van der Waals surface area (Å²) in [7, 11) is -8.67. The Bertz CT molecular complexity index is 2000. The third-order valence-electron chi connectivity index (χ3n) is 5.86. The number of fused-ring (bicyclic) bond motifs is 1. The van der Waals surface area contributed by atoms with Gasteiger partial charge in [0.05, 0.1) is 34.3 Å². The van der Waals surface area contributed by atoms with E-state index in [0.717, 1.165) is 0 Å². The van der Waals surface area contributed by atoms with Gasteiger partial charge >= 0.3 is 10.4 Å². The Labute approximate surface area is 248 Å². The van der Waals surface area contributed by atoms with E-state index < -0.39 is 43.7 Å². The molecule has 17 heteroatoms. The van der Waals surface area contributed by atoms with Crippen LogP contribution in [0, 0.1) is 0 Å². The van der Waals surface area contributed by atoms with Crippen LogP contribution >= 0.6 is 0 Å². The molecule has 0 heterocycles. The molecule has 4 rings (SSSR count). The van der Waals surface area contributed by atoms with Gasteiger partial charge in [-0.3, -0.25) is 8.76 Å². The van der Waals surface area contributed by atoms with Crippen molar-refractivity contribution >= 4 is 75.4 Å². The largest absolute Gasteiger partial charge is 0.768 e. The minimum atomic E-state index is -4.76. The number of benzene rings is 4. The Balaban J connectivity index is 1.54. The first kappa shape index (κ1) is 31.5. The lowest BCUT2D eigenvalue weighted by Crippen LogP contribution is -2.15. The van der Waals surface area contributed by atoms with Gasteiger partial charge < -0.3 is 15.4 Å². The predicted molar refractivity (Wildman–Crippen MR) is 159 cm³/mol. The van der Waals surface area contributed by atoms with Gasteiger partial charge in [-0.25, -0.2) is 12.6 Å². The van der Waals surface area contributed by atoms with E-state index in [4.69, 9.17) is 10.3 Å². The number of aromatic hydroxyl groups is 1. The Kier molecular flexibility index (Phi) is 9.43. The molecule has 0 saturated heterocycles. The van der Waals surface area contributed by atoms with E-state index in [1.54, 1.807) is 24.3 Å². The molecule has 4 N–H and O–H groups in total. The average Bonchev–Trinajstić information content (AvgIpc) is 2.95. The smallest absolute Gasteiger partial charge is 0.397 e. The highest BCUT2D eigenvalue weighted by Crippen LogP contribution is 2.42. The van der Waals surface area contributed by atoms with Crippen LogP contribution in [-0.2, 0) is 35.5 Å². The summed E-state index contributed by atoms with van der Waals surface area (Å²) in [5.74, 6) is -0.878. The topological polar surface area (TPSA) is 234 Å². The monoisotopic (exact) mass is 644 g/mol. The number of rotatable bonds is 11. The van der Waals surface area contributed by atoms with E-state index in [0.29, 0.717) is 22.0 Å². The van der Waals surface area contributed by atoms with Gasteiger partial charge in [0.15, 0.2) is 15.6 Å². The standard InChI is InChI=1S/C26H23N5O9S3/c1-16(41(33)34)17-2-4-18(5-3-17)28-30-24-13-11-21-22(26(24)32)10-12-23(27)25(21)31-29-19-6-8-20(9-7-19)42(35,36)15-14-40-43(37,38)39/h2-13,32H,1,14-15,27H2,(H,33,34)(H,37,38,39)/p-1. The third-order valence-corrected chi connectivity index (χ3v) is 8.66. The number of nitrogen functional groups attached to an aromatic ring is 1. The van der Waals surface area contributed by atoms with Crippen LogP contribution in [0.5, 0.6) is 5.75 Å². The highest BCUT2D eigenvalue weighted by molar-refractivity contribution is 7.91. The Hall–Kier alpha value is -4.39. The van der Waals surface area contributed by atoms with Crippen molar-refractivity contribution in [2.24, 2.45) is 20.5 Å². The molecule has 0 fully saturated rings. The second kappa shape index (κ2) is 12.9. The second-order valence-corrected chi connectivity index (χ2v) is 12.9. The molecule has 1 atom stereocenters. The van der Waals surface area contributed by atoms with Gasteiger partial charge in [-0.05, 0) is 77.3 Å². The number of sulfone groups is 1. The molecule has 4 aromatic rings. The second-order valence-electron chi connectivity index (χ2n) is 8.70. The van der Waals surface area contributed by atoms with Gasteiger partial charge in [0.1, 0.15) is 11.4 Å². The van der Waals surface area contributed by atoms with Crippen LogP contribution in [0.15, 0.2) is 105 Å². The number of hydrogen-bond donors (Lipinski definition) is 3. The van der Waals surface area contributed by atoms with Crippen LogP contribution in [-0.4, -0.2) is 47.6 Å². The Morgan fingerprint density at radius 3 is 2.05 bits per heavy atom. The van der Waals surface area contributed by atoms with Gasteiger partial charge in [-0.15, -0.1) is 10.2 Å². The summed E-state index contributed by atoms with van der Waals surface area (Å²) in [6, 6.07) is 17.6. The lowest BCUT2D eigenvalue weighted by Gasteiger charge is -2.09. The van der Waals surface area contributed by atoms with Gasteiger partial charge in [0.25, 0.3) is 0 Å². The number of anilines is 1. The van der Waals surface area contributed by atoms with E-state index in [9.17, 15) is 30.7 Å². The summed E-state index contributed by atoms with van der Waals surface area (Å²) >= 11 is -2.44. The van der Waals surface area contributed by atoms with Crippen LogP contribution in [0.4, 0.5) is 28.4 Å². The van der Waals surface area contributed by atoms with Crippen molar-refractivity contribution in [2.75, 3.05) is 18.1 Å². The minimum Gasteiger partial charge on any atom is -0.768 e. The van der Waals surface area contributed by atoms with E-state index in [1.165, 1.54) is 48.5 Å². The summed E-state index contributed by atoms with van der Waals surface area (Å²) in [6.07, 6.45) is 0. The first-order valence-corrected chi connectivity index (χ1v) is 16.1. The third kappa shape index (κ3) is 7.92. The van der Waals surface area contributed by atoms with Gasteiger partial charge in [-0.2, -0.15) is 18.6 Å². The predicted octanol–water partition coefficient (Wildman–Crippen LogP) is 5.40. The van der Waals surface area contributed by atoms with E-state index in [-0.39, 0.29) is 38.3 Å². The molecule has 0 spiro atoms. The van der Waals surface area contributed by atoms with Crippen molar-refractivity contribution in [2.45, 2.75) is 4.90 Å². The zero-order valence-corrected chi connectivity index (χ0v) is 24.3. The summed E-state index contributed by atoms with van der Waals surface area (Å²) < 4.78 is 80.7. The first-order valence-electron chi connectivity index (χ1n) is 12.0. The Morgan fingerprint density at radius 2 is 1.44 bits per heavy atom. The molecule has 0 aliphatic heterocycles. The van der Waals surface area contributed by atoms with E-state index >= 15 is 0 Å². The summed E-state index contributed by atoms with van der Waals surface area (Å²) in [6.45, 7) is 2.73. The number of phenols is 1. The fourth-order valence-electron chi connectivity index (χ4n) is 3.69. The summed E-state index contributed by atoms with van der Waals surface area (Å²) in [4.78, 5) is -0.183. The van der Waals surface area contributed by atoms with E-state index in [2.05, 4.69) is 31.2 Å². The maximum absolute atomic E-state index is 12.4. The van der Waals surface area contributed by atoms with Crippen molar-refractivity contribution in [3.8, 4) is 5.75 Å². The molecule has 0 aromatic heterocycles. The van der Waals surface area contributed by atoms with E-state index in [1.807, 2.05) is 0 Å². The average molecular weight is 645 g/mol. The van der Waals surface area contributed by atoms with Gasteiger partial charge in [0.2, 0.25) is 0 Å². The number of phenolic OH excluding ortho intramolecular Hbond substituents is 1. The molecule has 0 bridgehead atoms. The molecule has 14 nitrogen and oxygen atoms in total. The maximum atomic E-state index is 12.4. The van der Waals surface area contributed by atoms with Crippen LogP contribution < -0.4 is 5.73 Å². The molecular weight excluding hydrogens is 623 g/mol. The van der Waals surface area contributed by atoms with Crippen molar-refractivity contribution in [3.05, 3.63) is 84.9 Å². The van der Waals surface area contributed by atoms with Crippen LogP contribution in [0.25, 0.3) is 15.7 Å². The highest BCUT2D eigenvalue weighted by atomic mass is 32.3.